The molecule has 0 spiro atoms. The van der Waals surface area contributed by atoms with Crippen LogP contribution in [0.3, 0.4) is 0 Å². The maximum atomic E-state index is 4.39. The Labute approximate surface area is 106 Å². The van der Waals surface area contributed by atoms with Gasteiger partial charge in [0.15, 0.2) is 0 Å². The molecule has 0 unspecified atom stereocenters. The van der Waals surface area contributed by atoms with Crippen molar-refractivity contribution in [3.63, 3.8) is 0 Å². The number of hydrogen-bond donors (Lipinski definition) is 1. The number of hydrogen-bond acceptors (Lipinski definition) is 2. The molecule has 88 valence electrons. The number of aromatic amines is 1. The zero-order valence-electron chi connectivity index (χ0n) is 9.88. The van der Waals surface area contributed by atoms with E-state index in [1.54, 1.807) is 6.20 Å². The van der Waals surface area contributed by atoms with Crippen molar-refractivity contribution in [1.82, 2.24) is 15.0 Å². The normalized spacial score (nSPS) is 10.4. The van der Waals surface area contributed by atoms with Crippen LogP contribution < -0.4 is 0 Å². The number of H-pyrrole nitrogens is 1. The summed E-state index contributed by atoms with van der Waals surface area (Å²) in [6.45, 7) is 0. The molecule has 3 aromatic rings. The third kappa shape index (κ3) is 2.30. The maximum Gasteiger partial charge on any atom is 0.112 e. The third-order valence-corrected chi connectivity index (χ3v) is 2.79. The topological polar surface area (TPSA) is 41.6 Å². The van der Waals surface area contributed by atoms with E-state index in [1.165, 1.54) is 0 Å². The van der Waals surface area contributed by atoms with E-state index in [-0.39, 0.29) is 0 Å². The highest BCUT2D eigenvalue weighted by Crippen LogP contribution is 2.16. The molecule has 0 aliphatic rings. The minimum Gasteiger partial charge on any atom is -0.342 e. The van der Waals surface area contributed by atoms with Gasteiger partial charge in [0.2, 0.25) is 0 Å². The van der Waals surface area contributed by atoms with Gasteiger partial charge in [0.1, 0.15) is 5.82 Å². The van der Waals surface area contributed by atoms with Gasteiger partial charge in [0, 0.05) is 18.3 Å². The molecule has 0 fully saturated rings. The molecular weight excluding hydrogens is 222 g/mol. The van der Waals surface area contributed by atoms with Crippen LogP contribution in [0, 0.1) is 0 Å². The quantitative estimate of drug-likeness (QED) is 0.758. The summed E-state index contributed by atoms with van der Waals surface area (Å²) >= 11 is 0. The van der Waals surface area contributed by atoms with Gasteiger partial charge in [-0.1, -0.05) is 36.4 Å². The van der Waals surface area contributed by atoms with Crippen LogP contribution in [0.15, 0.2) is 60.9 Å². The Kier molecular flexibility index (Phi) is 2.88. The van der Waals surface area contributed by atoms with Crippen molar-refractivity contribution in [1.29, 1.82) is 0 Å². The average molecular weight is 235 g/mol. The van der Waals surface area contributed by atoms with Gasteiger partial charge in [0.25, 0.3) is 0 Å². The van der Waals surface area contributed by atoms with Gasteiger partial charge in [-0.2, -0.15) is 0 Å². The van der Waals surface area contributed by atoms with Crippen LogP contribution in [0.2, 0.25) is 0 Å². The molecule has 2 aromatic heterocycles. The van der Waals surface area contributed by atoms with E-state index in [0.29, 0.717) is 0 Å². The Hall–Kier alpha value is -2.42. The standard InChI is InChI=1S/C15H13N3/c1-2-6-12(7-3-1)14-11-17-15(18-14)10-13-8-4-5-9-16-13/h1-9,11H,10H2,(H,17,18). The summed E-state index contributed by atoms with van der Waals surface area (Å²) in [5.41, 5.74) is 3.21. The summed E-state index contributed by atoms with van der Waals surface area (Å²) in [7, 11) is 0. The molecule has 18 heavy (non-hydrogen) atoms. The number of benzene rings is 1. The Morgan fingerprint density at radius 2 is 1.72 bits per heavy atom. The third-order valence-electron chi connectivity index (χ3n) is 2.79. The first kappa shape index (κ1) is 10.7. The van der Waals surface area contributed by atoms with Crippen molar-refractivity contribution < 1.29 is 0 Å². The second-order valence-electron chi connectivity index (χ2n) is 4.11. The maximum absolute atomic E-state index is 4.39. The minimum absolute atomic E-state index is 0.730. The molecule has 0 saturated carbocycles. The predicted molar refractivity (Wildman–Crippen MR) is 71.1 cm³/mol. The fourth-order valence-electron chi connectivity index (χ4n) is 1.89. The van der Waals surface area contributed by atoms with Crippen LogP contribution in [-0.2, 0) is 6.42 Å². The molecule has 0 aliphatic carbocycles. The first-order chi connectivity index (χ1) is 8.92. The number of aromatic nitrogens is 3. The van der Waals surface area contributed by atoms with Gasteiger partial charge < -0.3 is 4.98 Å². The zero-order chi connectivity index (χ0) is 12.2. The van der Waals surface area contributed by atoms with Crippen molar-refractivity contribution in [2.45, 2.75) is 6.42 Å². The van der Waals surface area contributed by atoms with Crippen molar-refractivity contribution in [2.24, 2.45) is 0 Å². The number of nitrogens with one attached hydrogen (secondary N) is 1. The molecule has 2 heterocycles. The number of imidazole rings is 1. The lowest BCUT2D eigenvalue weighted by Crippen LogP contribution is -1.93. The highest BCUT2D eigenvalue weighted by molar-refractivity contribution is 5.58. The molecule has 0 saturated heterocycles. The van der Waals surface area contributed by atoms with Crippen LogP contribution in [0.4, 0.5) is 0 Å². The Bertz CT molecular complexity index is 615. The molecule has 0 amide bonds. The summed E-state index contributed by atoms with van der Waals surface area (Å²) in [6, 6.07) is 16.1. The lowest BCUT2D eigenvalue weighted by Gasteiger charge is -1.97. The molecule has 0 atom stereocenters. The lowest BCUT2D eigenvalue weighted by molar-refractivity contribution is 0.977. The molecule has 3 heteroatoms. The molecular formula is C15H13N3. The molecule has 3 rings (SSSR count). The summed E-state index contributed by atoms with van der Waals surface area (Å²) in [4.78, 5) is 12.0. The Morgan fingerprint density at radius 1 is 0.889 bits per heavy atom. The number of nitrogens with zero attached hydrogens (tertiary/aromatic N) is 2. The van der Waals surface area contributed by atoms with Crippen LogP contribution in [0.1, 0.15) is 11.5 Å². The van der Waals surface area contributed by atoms with Gasteiger partial charge in [-0.3, -0.25) is 4.98 Å². The largest absolute Gasteiger partial charge is 0.342 e. The molecule has 1 aromatic carbocycles. The van der Waals surface area contributed by atoms with Crippen molar-refractivity contribution >= 4 is 0 Å². The smallest absolute Gasteiger partial charge is 0.112 e. The number of pyridine rings is 1. The van der Waals surface area contributed by atoms with E-state index in [9.17, 15) is 0 Å². The Balaban J connectivity index is 1.82. The summed E-state index contributed by atoms with van der Waals surface area (Å²) < 4.78 is 0. The van der Waals surface area contributed by atoms with Gasteiger partial charge >= 0.3 is 0 Å². The van der Waals surface area contributed by atoms with Gasteiger partial charge in [-0.05, 0) is 17.7 Å². The van der Waals surface area contributed by atoms with Crippen LogP contribution in [0.25, 0.3) is 11.3 Å². The fraction of sp³-hybridized carbons (Fsp3) is 0.0667. The average Bonchev–Trinajstić information content (AvgIpc) is 2.89. The summed E-state index contributed by atoms with van der Waals surface area (Å²) in [5.74, 6) is 0.938. The first-order valence-electron chi connectivity index (χ1n) is 5.91. The SMILES string of the molecule is c1ccc(-c2cnc(Cc3ccccn3)[nH]2)cc1. The monoisotopic (exact) mass is 235 g/mol. The van der Waals surface area contributed by atoms with Crippen LogP contribution in [-0.4, -0.2) is 15.0 Å². The minimum atomic E-state index is 0.730. The van der Waals surface area contributed by atoms with E-state index in [4.69, 9.17) is 0 Å². The van der Waals surface area contributed by atoms with E-state index < -0.39 is 0 Å². The van der Waals surface area contributed by atoms with Crippen molar-refractivity contribution in [3.05, 3.63) is 72.4 Å². The van der Waals surface area contributed by atoms with E-state index >= 15 is 0 Å². The van der Waals surface area contributed by atoms with Gasteiger partial charge in [0.05, 0.1) is 11.9 Å². The van der Waals surface area contributed by atoms with Crippen LogP contribution in [0.5, 0.6) is 0 Å². The van der Waals surface area contributed by atoms with Gasteiger partial charge in [-0.25, -0.2) is 4.98 Å². The van der Waals surface area contributed by atoms with Crippen molar-refractivity contribution in [2.75, 3.05) is 0 Å². The molecule has 1 N–H and O–H groups in total. The fourth-order valence-corrected chi connectivity index (χ4v) is 1.89. The second-order valence-corrected chi connectivity index (χ2v) is 4.11. The van der Waals surface area contributed by atoms with Crippen molar-refractivity contribution in [3.8, 4) is 11.3 Å². The molecule has 0 aliphatic heterocycles. The molecule has 3 nitrogen and oxygen atoms in total. The first-order valence-corrected chi connectivity index (χ1v) is 5.91. The van der Waals surface area contributed by atoms with Gasteiger partial charge in [-0.15, -0.1) is 0 Å². The molecule has 0 bridgehead atoms. The molecule has 0 radical (unpaired) electrons. The summed E-state index contributed by atoms with van der Waals surface area (Å²) in [5, 5.41) is 0. The summed E-state index contributed by atoms with van der Waals surface area (Å²) in [6.07, 6.45) is 4.40. The van der Waals surface area contributed by atoms with E-state index in [1.807, 2.05) is 42.6 Å². The zero-order valence-corrected chi connectivity index (χ0v) is 9.88. The predicted octanol–water partition coefficient (Wildman–Crippen LogP) is 3.06. The number of rotatable bonds is 3. The Morgan fingerprint density at radius 3 is 2.50 bits per heavy atom. The van der Waals surface area contributed by atoms with Crippen LogP contribution >= 0.6 is 0 Å². The lowest BCUT2D eigenvalue weighted by atomic mass is 10.2. The van der Waals surface area contributed by atoms with E-state index in [2.05, 4.69) is 27.1 Å². The van der Waals surface area contributed by atoms with E-state index in [0.717, 1.165) is 29.2 Å². The second kappa shape index (κ2) is 4.84. The highest BCUT2D eigenvalue weighted by Gasteiger charge is 2.04. The highest BCUT2D eigenvalue weighted by atomic mass is 14.9.